The molecular weight excluding hydrogens is 302 g/mol. The van der Waals surface area contributed by atoms with E-state index in [4.69, 9.17) is 17.0 Å². The van der Waals surface area contributed by atoms with Crippen molar-refractivity contribution in [3.63, 3.8) is 0 Å². The first-order valence-corrected chi connectivity index (χ1v) is 7.57. The molecule has 0 bridgehead atoms. The van der Waals surface area contributed by atoms with Crippen molar-refractivity contribution in [3.05, 3.63) is 29.8 Å². The molecule has 1 N–H and O–H groups in total. The van der Waals surface area contributed by atoms with Gasteiger partial charge in [0.25, 0.3) is 0 Å². The first kappa shape index (κ1) is 16.2. The Bertz CT molecular complexity index is 539. The lowest BCUT2D eigenvalue weighted by Gasteiger charge is -2.34. The second-order valence-electron chi connectivity index (χ2n) is 4.86. The largest absolute Gasteiger partial charge is 0.462 e. The number of hydrogen-bond acceptors (Lipinski definition) is 4. The highest BCUT2D eigenvalue weighted by molar-refractivity contribution is 7.80. The lowest BCUT2D eigenvalue weighted by molar-refractivity contribution is -0.119. The zero-order valence-electron chi connectivity index (χ0n) is 12.4. The maximum atomic E-state index is 11.6. The number of nitrogens with one attached hydrogen (secondary N) is 1. The van der Waals surface area contributed by atoms with E-state index in [0.29, 0.717) is 43.5 Å². The number of thiocarbonyl (C=S) groups is 1. The number of anilines is 1. The van der Waals surface area contributed by atoms with Crippen molar-refractivity contribution in [2.24, 2.45) is 0 Å². The second kappa shape index (κ2) is 7.74. The fraction of sp³-hybridized carbons (Fsp3) is 0.400. The number of piperazine rings is 1. The van der Waals surface area contributed by atoms with Crippen LogP contribution in [0.1, 0.15) is 17.3 Å². The van der Waals surface area contributed by atoms with Crippen LogP contribution in [-0.4, -0.2) is 60.1 Å². The van der Waals surface area contributed by atoms with Crippen LogP contribution in [0.15, 0.2) is 24.3 Å². The molecule has 2 rings (SSSR count). The number of rotatable bonds is 4. The molecule has 0 saturated carbocycles. The van der Waals surface area contributed by atoms with Crippen molar-refractivity contribution in [3.8, 4) is 0 Å². The normalized spacial score (nSPS) is 14.4. The van der Waals surface area contributed by atoms with E-state index < -0.39 is 0 Å². The molecule has 1 heterocycles. The van der Waals surface area contributed by atoms with Crippen molar-refractivity contribution in [1.82, 2.24) is 9.80 Å². The molecule has 22 heavy (non-hydrogen) atoms. The number of nitrogens with zero attached hydrogens (tertiary/aromatic N) is 2. The van der Waals surface area contributed by atoms with Gasteiger partial charge in [0.1, 0.15) is 0 Å². The number of ether oxygens (including phenoxy) is 1. The molecule has 1 saturated heterocycles. The Balaban J connectivity index is 1.89. The molecule has 0 radical (unpaired) electrons. The van der Waals surface area contributed by atoms with Crippen LogP contribution in [0.3, 0.4) is 0 Å². The van der Waals surface area contributed by atoms with Crippen LogP contribution in [0, 0.1) is 0 Å². The van der Waals surface area contributed by atoms with E-state index in [-0.39, 0.29) is 5.97 Å². The fourth-order valence-corrected chi connectivity index (χ4v) is 2.44. The van der Waals surface area contributed by atoms with Gasteiger partial charge >= 0.3 is 5.97 Å². The SMILES string of the molecule is CCOC(=O)c1ccc(NC(=S)N2CCN(C=O)CC2)cc1. The van der Waals surface area contributed by atoms with E-state index in [0.717, 1.165) is 12.1 Å². The lowest BCUT2D eigenvalue weighted by Crippen LogP contribution is -2.49. The van der Waals surface area contributed by atoms with Crippen LogP contribution in [0.25, 0.3) is 0 Å². The highest BCUT2D eigenvalue weighted by Crippen LogP contribution is 2.12. The van der Waals surface area contributed by atoms with Crippen molar-refractivity contribution >= 4 is 35.4 Å². The van der Waals surface area contributed by atoms with Crippen LogP contribution in [-0.2, 0) is 9.53 Å². The zero-order chi connectivity index (χ0) is 15.9. The Morgan fingerprint density at radius 1 is 1.27 bits per heavy atom. The van der Waals surface area contributed by atoms with Gasteiger partial charge in [0.2, 0.25) is 6.41 Å². The molecule has 0 aromatic heterocycles. The summed E-state index contributed by atoms with van der Waals surface area (Å²) in [7, 11) is 0. The van der Waals surface area contributed by atoms with Gasteiger partial charge in [0.05, 0.1) is 12.2 Å². The van der Waals surface area contributed by atoms with Gasteiger partial charge in [-0.25, -0.2) is 4.79 Å². The van der Waals surface area contributed by atoms with Gasteiger partial charge in [-0.2, -0.15) is 0 Å². The quantitative estimate of drug-likeness (QED) is 0.513. The van der Waals surface area contributed by atoms with Gasteiger partial charge in [-0.1, -0.05) is 0 Å². The van der Waals surface area contributed by atoms with Crippen LogP contribution in [0.2, 0.25) is 0 Å². The number of carbonyl (C=O) groups is 2. The highest BCUT2D eigenvalue weighted by Gasteiger charge is 2.17. The van der Waals surface area contributed by atoms with E-state index >= 15 is 0 Å². The van der Waals surface area contributed by atoms with E-state index in [1.807, 2.05) is 4.90 Å². The van der Waals surface area contributed by atoms with Gasteiger partial charge in [0.15, 0.2) is 5.11 Å². The van der Waals surface area contributed by atoms with Crippen molar-refractivity contribution in [2.45, 2.75) is 6.92 Å². The summed E-state index contributed by atoms with van der Waals surface area (Å²) in [6.45, 7) is 4.91. The van der Waals surface area contributed by atoms with Gasteiger partial charge in [-0.15, -0.1) is 0 Å². The summed E-state index contributed by atoms with van der Waals surface area (Å²) >= 11 is 5.37. The number of hydrogen-bond donors (Lipinski definition) is 1. The Hall–Kier alpha value is -2.15. The molecule has 1 amide bonds. The maximum absolute atomic E-state index is 11.6. The molecule has 7 heteroatoms. The van der Waals surface area contributed by atoms with E-state index in [9.17, 15) is 9.59 Å². The minimum Gasteiger partial charge on any atom is -0.462 e. The number of amides is 1. The molecule has 1 fully saturated rings. The first-order valence-electron chi connectivity index (χ1n) is 7.16. The summed E-state index contributed by atoms with van der Waals surface area (Å²) in [4.78, 5) is 26.0. The third-order valence-corrected chi connectivity index (χ3v) is 3.76. The first-order chi connectivity index (χ1) is 10.6. The molecule has 0 unspecified atom stereocenters. The van der Waals surface area contributed by atoms with Gasteiger partial charge in [-0.3, -0.25) is 4.79 Å². The van der Waals surface area contributed by atoms with Crippen molar-refractivity contribution in [2.75, 3.05) is 38.1 Å². The smallest absolute Gasteiger partial charge is 0.338 e. The summed E-state index contributed by atoms with van der Waals surface area (Å²) in [6.07, 6.45) is 0.863. The average Bonchev–Trinajstić information content (AvgIpc) is 2.55. The molecule has 1 aromatic carbocycles. The van der Waals surface area contributed by atoms with Gasteiger partial charge in [0, 0.05) is 31.9 Å². The summed E-state index contributed by atoms with van der Waals surface area (Å²) in [5.74, 6) is -0.332. The number of esters is 1. The third kappa shape index (κ3) is 4.17. The second-order valence-corrected chi connectivity index (χ2v) is 5.24. The maximum Gasteiger partial charge on any atom is 0.338 e. The Morgan fingerprint density at radius 3 is 2.45 bits per heavy atom. The number of carbonyl (C=O) groups excluding carboxylic acids is 2. The standard InChI is InChI=1S/C15H19N3O3S/c1-2-21-14(20)12-3-5-13(6-4-12)16-15(22)18-9-7-17(11-19)8-10-18/h3-6,11H,2,7-10H2,1H3,(H,16,22). The lowest BCUT2D eigenvalue weighted by atomic mass is 10.2. The molecule has 6 nitrogen and oxygen atoms in total. The zero-order valence-corrected chi connectivity index (χ0v) is 13.3. The Labute approximate surface area is 135 Å². The summed E-state index contributed by atoms with van der Waals surface area (Å²) in [5, 5.41) is 3.76. The van der Waals surface area contributed by atoms with Crippen LogP contribution in [0.5, 0.6) is 0 Å². The predicted octanol–water partition coefficient (Wildman–Crippen LogP) is 1.33. The molecule has 1 aliphatic rings. The molecular formula is C15H19N3O3S. The molecule has 1 aliphatic heterocycles. The summed E-state index contributed by atoms with van der Waals surface area (Å²) in [6, 6.07) is 6.99. The fourth-order valence-electron chi connectivity index (χ4n) is 2.14. The topological polar surface area (TPSA) is 61.9 Å². The summed E-state index contributed by atoms with van der Waals surface area (Å²) < 4.78 is 4.94. The Kier molecular flexibility index (Phi) is 5.71. The van der Waals surface area contributed by atoms with E-state index in [2.05, 4.69) is 5.32 Å². The molecule has 1 aromatic rings. The van der Waals surface area contributed by atoms with Gasteiger partial charge in [-0.05, 0) is 43.4 Å². The van der Waals surface area contributed by atoms with E-state index in [1.165, 1.54) is 0 Å². The number of benzene rings is 1. The van der Waals surface area contributed by atoms with Crippen LogP contribution < -0.4 is 5.32 Å². The minimum absolute atomic E-state index is 0.332. The monoisotopic (exact) mass is 321 g/mol. The van der Waals surface area contributed by atoms with Crippen molar-refractivity contribution in [1.29, 1.82) is 0 Å². The van der Waals surface area contributed by atoms with E-state index in [1.54, 1.807) is 36.1 Å². The molecule has 0 aliphatic carbocycles. The minimum atomic E-state index is -0.332. The molecule has 118 valence electrons. The van der Waals surface area contributed by atoms with Crippen molar-refractivity contribution < 1.29 is 14.3 Å². The van der Waals surface area contributed by atoms with Crippen LogP contribution >= 0.6 is 12.2 Å². The average molecular weight is 321 g/mol. The highest BCUT2D eigenvalue weighted by atomic mass is 32.1. The summed E-state index contributed by atoms with van der Waals surface area (Å²) in [5.41, 5.74) is 1.33. The van der Waals surface area contributed by atoms with Crippen LogP contribution in [0.4, 0.5) is 5.69 Å². The molecule has 0 atom stereocenters. The third-order valence-electron chi connectivity index (χ3n) is 3.40. The molecule has 0 spiro atoms. The predicted molar refractivity (Wildman–Crippen MR) is 87.8 cm³/mol. The Morgan fingerprint density at radius 2 is 1.91 bits per heavy atom. The van der Waals surface area contributed by atoms with Gasteiger partial charge < -0.3 is 19.9 Å².